The number of fused-ring (bicyclic) bond motifs is 1. The average molecular weight is 355 g/mol. The summed E-state index contributed by atoms with van der Waals surface area (Å²) in [4.78, 5) is -0.0791. The minimum atomic E-state index is -2.81. The maximum Gasteiger partial charge on any atom is 0.387 e. The fourth-order valence-corrected chi connectivity index (χ4v) is 2.96. The molecule has 5 heteroatoms. The number of benzene rings is 2. The standard InChI is InChI=1S/C16H13BrF2O2/c17-15(10-2-1-3-14(7-10)21-16(18)19)11-4-5-12-8-20-9-13(12)6-11/h1-7,15-16H,8-9H2. The van der Waals surface area contributed by atoms with Crippen molar-refractivity contribution < 1.29 is 18.3 Å². The van der Waals surface area contributed by atoms with Crippen LogP contribution in [-0.2, 0) is 18.0 Å². The van der Waals surface area contributed by atoms with Crippen molar-refractivity contribution in [1.29, 1.82) is 0 Å². The zero-order chi connectivity index (χ0) is 14.8. The van der Waals surface area contributed by atoms with E-state index < -0.39 is 6.61 Å². The smallest absolute Gasteiger partial charge is 0.387 e. The molecule has 0 aromatic heterocycles. The zero-order valence-electron chi connectivity index (χ0n) is 11.1. The highest BCUT2D eigenvalue weighted by Crippen LogP contribution is 2.34. The molecule has 0 bridgehead atoms. The minimum absolute atomic E-state index is 0.0791. The van der Waals surface area contributed by atoms with Crippen molar-refractivity contribution in [2.24, 2.45) is 0 Å². The SMILES string of the molecule is FC(F)Oc1cccc(C(Br)c2ccc3c(c2)COC3)c1. The zero-order valence-corrected chi connectivity index (χ0v) is 12.6. The summed E-state index contributed by atoms with van der Waals surface area (Å²) in [6, 6.07) is 12.9. The van der Waals surface area contributed by atoms with Crippen molar-refractivity contribution in [3.63, 3.8) is 0 Å². The van der Waals surface area contributed by atoms with Gasteiger partial charge < -0.3 is 9.47 Å². The molecule has 2 nitrogen and oxygen atoms in total. The quantitative estimate of drug-likeness (QED) is 0.734. The second-order valence-electron chi connectivity index (χ2n) is 4.83. The van der Waals surface area contributed by atoms with Crippen molar-refractivity contribution in [3.05, 3.63) is 64.7 Å². The summed E-state index contributed by atoms with van der Waals surface area (Å²) in [5.41, 5.74) is 4.31. The van der Waals surface area contributed by atoms with E-state index in [9.17, 15) is 8.78 Å². The van der Waals surface area contributed by atoms with Crippen LogP contribution >= 0.6 is 15.9 Å². The van der Waals surface area contributed by atoms with Gasteiger partial charge in [-0.15, -0.1) is 0 Å². The van der Waals surface area contributed by atoms with Gasteiger partial charge in [-0.3, -0.25) is 0 Å². The first-order chi connectivity index (χ1) is 10.1. The molecule has 0 N–H and O–H groups in total. The number of halogens is 3. The molecule has 1 aliphatic heterocycles. The van der Waals surface area contributed by atoms with Crippen molar-refractivity contribution in [2.75, 3.05) is 0 Å². The summed E-state index contributed by atoms with van der Waals surface area (Å²) in [5, 5.41) is 0. The first-order valence-corrected chi connectivity index (χ1v) is 7.43. The normalized spacial score (nSPS) is 15.0. The van der Waals surface area contributed by atoms with Crippen LogP contribution in [0.4, 0.5) is 8.78 Å². The molecule has 0 spiro atoms. The lowest BCUT2D eigenvalue weighted by atomic mass is 10.0. The third kappa shape index (κ3) is 3.24. The van der Waals surface area contributed by atoms with Crippen LogP contribution in [0, 0.1) is 0 Å². The van der Waals surface area contributed by atoms with Gasteiger partial charge in [-0.25, -0.2) is 0 Å². The molecule has 0 saturated heterocycles. The molecule has 0 radical (unpaired) electrons. The van der Waals surface area contributed by atoms with Crippen LogP contribution < -0.4 is 4.74 Å². The Morgan fingerprint density at radius 1 is 1.00 bits per heavy atom. The summed E-state index contributed by atoms with van der Waals surface area (Å²) >= 11 is 3.62. The molecule has 1 atom stereocenters. The topological polar surface area (TPSA) is 18.5 Å². The van der Waals surface area contributed by atoms with Gasteiger partial charge in [0.2, 0.25) is 0 Å². The molecule has 0 fully saturated rings. The molecule has 110 valence electrons. The predicted molar refractivity (Wildman–Crippen MR) is 78.8 cm³/mol. The Hall–Kier alpha value is -1.46. The molecule has 21 heavy (non-hydrogen) atoms. The van der Waals surface area contributed by atoms with E-state index >= 15 is 0 Å². The minimum Gasteiger partial charge on any atom is -0.435 e. The van der Waals surface area contributed by atoms with Crippen LogP contribution in [0.15, 0.2) is 42.5 Å². The number of rotatable bonds is 4. The molecule has 3 rings (SSSR count). The Balaban J connectivity index is 1.86. The van der Waals surface area contributed by atoms with Crippen molar-refractivity contribution in [3.8, 4) is 5.75 Å². The third-order valence-electron chi connectivity index (χ3n) is 3.41. The van der Waals surface area contributed by atoms with Gasteiger partial charge in [0, 0.05) is 0 Å². The third-order valence-corrected chi connectivity index (χ3v) is 4.47. The Kier molecular flexibility index (Phi) is 4.22. The highest BCUT2D eigenvalue weighted by molar-refractivity contribution is 9.09. The van der Waals surface area contributed by atoms with Gasteiger partial charge in [-0.05, 0) is 34.4 Å². The Labute approximate surface area is 129 Å². The van der Waals surface area contributed by atoms with E-state index in [1.54, 1.807) is 12.1 Å². The fraction of sp³-hybridized carbons (Fsp3) is 0.250. The van der Waals surface area contributed by atoms with Gasteiger partial charge in [0.1, 0.15) is 5.75 Å². The lowest BCUT2D eigenvalue weighted by Crippen LogP contribution is -2.02. The van der Waals surface area contributed by atoms with E-state index in [0.29, 0.717) is 13.2 Å². The van der Waals surface area contributed by atoms with E-state index in [-0.39, 0.29) is 10.6 Å². The highest BCUT2D eigenvalue weighted by atomic mass is 79.9. The molecule has 0 aliphatic carbocycles. The van der Waals surface area contributed by atoms with E-state index in [1.165, 1.54) is 17.2 Å². The van der Waals surface area contributed by atoms with Gasteiger partial charge in [-0.2, -0.15) is 8.78 Å². The second-order valence-corrected chi connectivity index (χ2v) is 5.75. The maximum absolute atomic E-state index is 12.3. The van der Waals surface area contributed by atoms with Gasteiger partial charge in [-0.1, -0.05) is 46.3 Å². The lowest BCUT2D eigenvalue weighted by molar-refractivity contribution is -0.0498. The summed E-state index contributed by atoms with van der Waals surface area (Å²) in [6.45, 7) is -1.54. The molecule has 1 aliphatic rings. The monoisotopic (exact) mass is 354 g/mol. The summed E-state index contributed by atoms with van der Waals surface area (Å²) in [7, 11) is 0. The molecule has 2 aromatic carbocycles. The van der Waals surface area contributed by atoms with Gasteiger partial charge in [0.25, 0.3) is 0 Å². The molecule has 0 saturated carbocycles. The van der Waals surface area contributed by atoms with Crippen molar-refractivity contribution >= 4 is 15.9 Å². The van der Waals surface area contributed by atoms with Crippen LogP contribution in [0.25, 0.3) is 0 Å². The van der Waals surface area contributed by atoms with Gasteiger partial charge in [0.15, 0.2) is 0 Å². The van der Waals surface area contributed by atoms with E-state index in [1.807, 2.05) is 18.2 Å². The van der Waals surface area contributed by atoms with Crippen molar-refractivity contribution in [2.45, 2.75) is 24.7 Å². The highest BCUT2D eigenvalue weighted by Gasteiger charge is 2.16. The summed E-state index contributed by atoms with van der Waals surface area (Å²) in [6.07, 6.45) is 0. The molecule has 2 aromatic rings. The molecule has 1 heterocycles. The summed E-state index contributed by atoms with van der Waals surface area (Å²) < 4.78 is 34.4. The Morgan fingerprint density at radius 3 is 2.57 bits per heavy atom. The Morgan fingerprint density at radius 2 is 1.76 bits per heavy atom. The van der Waals surface area contributed by atoms with Crippen molar-refractivity contribution in [1.82, 2.24) is 0 Å². The molecule has 0 amide bonds. The number of hydrogen-bond donors (Lipinski definition) is 0. The van der Waals surface area contributed by atoms with Gasteiger partial charge in [0.05, 0.1) is 18.0 Å². The average Bonchev–Trinajstić information content (AvgIpc) is 2.93. The molecular weight excluding hydrogens is 342 g/mol. The Bertz CT molecular complexity index is 646. The van der Waals surface area contributed by atoms with Crippen LogP contribution in [-0.4, -0.2) is 6.61 Å². The summed E-state index contributed by atoms with van der Waals surface area (Å²) in [5.74, 6) is 0.163. The fourth-order valence-electron chi connectivity index (χ4n) is 2.39. The van der Waals surface area contributed by atoms with E-state index in [2.05, 4.69) is 26.7 Å². The predicted octanol–water partition coefficient (Wildman–Crippen LogP) is 4.80. The van der Waals surface area contributed by atoms with E-state index in [0.717, 1.165) is 11.1 Å². The largest absolute Gasteiger partial charge is 0.435 e. The van der Waals surface area contributed by atoms with Crippen LogP contribution in [0.3, 0.4) is 0 Å². The maximum atomic E-state index is 12.3. The van der Waals surface area contributed by atoms with Crippen LogP contribution in [0.1, 0.15) is 27.1 Å². The number of hydrogen-bond acceptors (Lipinski definition) is 2. The second kappa shape index (κ2) is 6.12. The first-order valence-electron chi connectivity index (χ1n) is 6.52. The van der Waals surface area contributed by atoms with Gasteiger partial charge >= 0.3 is 6.61 Å². The lowest BCUT2D eigenvalue weighted by Gasteiger charge is -2.13. The van der Waals surface area contributed by atoms with Crippen LogP contribution in [0.5, 0.6) is 5.75 Å². The number of ether oxygens (including phenoxy) is 2. The van der Waals surface area contributed by atoms with E-state index in [4.69, 9.17) is 4.74 Å². The molecular formula is C16H13BrF2O2. The van der Waals surface area contributed by atoms with Crippen LogP contribution in [0.2, 0.25) is 0 Å². The number of alkyl halides is 3. The molecule has 1 unspecified atom stereocenters. The first kappa shape index (κ1) is 14.5.